The summed E-state index contributed by atoms with van der Waals surface area (Å²) in [6.07, 6.45) is 0.747. The SMILES string of the molecule is CCC1(O)C(=O)CCc2c1cc1n(c2=O)Cc2c-1nc1ccc(O)cc1c2CN(C)C. The number of hydrogen-bond acceptors (Lipinski definition) is 6. The third-order valence-electron chi connectivity index (χ3n) is 6.64. The van der Waals surface area contributed by atoms with E-state index in [4.69, 9.17) is 4.98 Å². The van der Waals surface area contributed by atoms with Crippen molar-refractivity contribution in [3.63, 3.8) is 0 Å². The van der Waals surface area contributed by atoms with Gasteiger partial charge in [-0.15, -0.1) is 0 Å². The van der Waals surface area contributed by atoms with Crippen LogP contribution in [0, 0.1) is 0 Å². The van der Waals surface area contributed by atoms with Gasteiger partial charge >= 0.3 is 0 Å². The molecule has 1 aliphatic heterocycles. The van der Waals surface area contributed by atoms with Gasteiger partial charge in [-0.2, -0.15) is 0 Å². The first-order valence-corrected chi connectivity index (χ1v) is 10.6. The maximum absolute atomic E-state index is 13.4. The predicted octanol–water partition coefficient (Wildman–Crippen LogP) is 2.31. The number of rotatable bonds is 3. The predicted molar refractivity (Wildman–Crippen MR) is 117 cm³/mol. The van der Waals surface area contributed by atoms with E-state index in [1.165, 1.54) is 0 Å². The Balaban J connectivity index is 1.82. The first-order valence-electron chi connectivity index (χ1n) is 10.6. The summed E-state index contributed by atoms with van der Waals surface area (Å²) in [6, 6.07) is 6.88. The number of hydrogen-bond donors (Lipinski definition) is 2. The molecule has 0 saturated heterocycles. The molecule has 0 amide bonds. The van der Waals surface area contributed by atoms with Crippen LogP contribution in [-0.2, 0) is 29.9 Å². The molecule has 0 saturated carbocycles. The lowest BCUT2D eigenvalue weighted by Gasteiger charge is -2.32. The van der Waals surface area contributed by atoms with Gasteiger partial charge in [0.1, 0.15) is 11.4 Å². The highest BCUT2D eigenvalue weighted by Crippen LogP contribution is 2.41. The number of phenols is 1. The third kappa shape index (κ3) is 2.77. The second kappa shape index (κ2) is 6.73. The number of aromatic nitrogens is 2. The molecule has 7 nitrogen and oxygen atoms in total. The average molecular weight is 419 g/mol. The summed E-state index contributed by atoms with van der Waals surface area (Å²) in [6.45, 7) is 2.78. The number of nitrogens with zero attached hydrogens (tertiary/aromatic N) is 3. The summed E-state index contributed by atoms with van der Waals surface area (Å²) in [5.41, 5.74) is 3.19. The molecule has 2 aliphatic rings. The molecule has 7 heteroatoms. The largest absolute Gasteiger partial charge is 0.508 e. The fourth-order valence-corrected chi connectivity index (χ4v) is 5.03. The van der Waals surface area contributed by atoms with Gasteiger partial charge in [-0.05, 0) is 56.8 Å². The maximum Gasteiger partial charge on any atom is 0.254 e. The first-order chi connectivity index (χ1) is 14.7. The van der Waals surface area contributed by atoms with Crippen molar-refractivity contribution in [1.82, 2.24) is 14.5 Å². The van der Waals surface area contributed by atoms with Gasteiger partial charge in [0.2, 0.25) is 0 Å². The van der Waals surface area contributed by atoms with Crippen molar-refractivity contribution in [1.29, 1.82) is 0 Å². The number of ketones is 1. The molecule has 160 valence electrons. The van der Waals surface area contributed by atoms with Crippen molar-refractivity contribution < 1.29 is 15.0 Å². The van der Waals surface area contributed by atoms with Crippen LogP contribution in [0.4, 0.5) is 0 Å². The van der Waals surface area contributed by atoms with E-state index >= 15 is 0 Å². The quantitative estimate of drug-likeness (QED) is 0.529. The van der Waals surface area contributed by atoms with Crippen LogP contribution in [0.25, 0.3) is 22.3 Å². The van der Waals surface area contributed by atoms with E-state index in [0.29, 0.717) is 42.0 Å². The molecule has 1 aromatic carbocycles. The van der Waals surface area contributed by atoms with Crippen molar-refractivity contribution in [2.45, 2.75) is 44.9 Å². The van der Waals surface area contributed by atoms with Crippen molar-refractivity contribution in [2.75, 3.05) is 14.1 Å². The van der Waals surface area contributed by atoms with Crippen LogP contribution in [-0.4, -0.2) is 44.5 Å². The van der Waals surface area contributed by atoms with Gasteiger partial charge < -0.3 is 19.7 Å². The highest BCUT2D eigenvalue weighted by atomic mass is 16.3. The molecule has 2 N–H and O–H groups in total. The lowest BCUT2D eigenvalue weighted by atomic mass is 9.77. The fraction of sp³-hybridized carbons (Fsp3) is 0.375. The van der Waals surface area contributed by atoms with Crippen LogP contribution in [0.5, 0.6) is 5.75 Å². The number of aliphatic hydroxyl groups is 1. The summed E-state index contributed by atoms with van der Waals surface area (Å²) in [4.78, 5) is 32.9. The number of aromatic hydroxyl groups is 1. The van der Waals surface area contributed by atoms with Gasteiger partial charge in [0.25, 0.3) is 5.56 Å². The van der Waals surface area contributed by atoms with Crippen molar-refractivity contribution >= 4 is 16.7 Å². The van der Waals surface area contributed by atoms with Gasteiger partial charge in [-0.1, -0.05) is 6.92 Å². The van der Waals surface area contributed by atoms with Crippen molar-refractivity contribution in [3.05, 3.63) is 56.9 Å². The Kier molecular flexibility index (Phi) is 4.32. The second-order valence-electron chi connectivity index (χ2n) is 8.81. The van der Waals surface area contributed by atoms with Gasteiger partial charge in [0.05, 0.1) is 23.4 Å². The van der Waals surface area contributed by atoms with Gasteiger partial charge in [-0.3, -0.25) is 9.59 Å². The Labute approximate surface area is 179 Å². The lowest BCUT2D eigenvalue weighted by molar-refractivity contribution is -0.140. The molecular weight excluding hydrogens is 394 g/mol. The molecule has 31 heavy (non-hydrogen) atoms. The van der Waals surface area contributed by atoms with Crippen molar-refractivity contribution in [2.24, 2.45) is 0 Å². The number of fused-ring (bicyclic) bond motifs is 5. The minimum atomic E-state index is -1.62. The average Bonchev–Trinajstić information content (AvgIpc) is 3.10. The molecule has 0 fully saturated rings. The van der Waals surface area contributed by atoms with Gasteiger partial charge in [0.15, 0.2) is 5.78 Å². The third-order valence-corrected chi connectivity index (χ3v) is 6.64. The number of phenolic OH excluding ortho intramolecular Hbond substituents is 1. The molecule has 3 heterocycles. The zero-order valence-electron chi connectivity index (χ0n) is 17.9. The monoisotopic (exact) mass is 419 g/mol. The van der Waals surface area contributed by atoms with Crippen LogP contribution >= 0.6 is 0 Å². The number of carbonyl (C=O) groups excluding carboxylic acids is 1. The topological polar surface area (TPSA) is 95.7 Å². The summed E-state index contributed by atoms with van der Waals surface area (Å²) in [5.74, 6) is -0.0655. The molecule has 2 aromatic heterocycles. The summed E-state index contributed by atoms with van der Waals surface area (Å²) >= 11 is 0. The zero-order chi connectivity index (χ0) is 22.1. The zero-order valence-corrected chi connectivity index (χ0v) is 17.9. The Hall–Kier alpha value is -3.03. The normalized spacial score (nSPS) is 19.6. The molecule has 0 radical (unpaired) electrons. The Morgan fingerprint density at radius 3 is 2.65 bits per heavy atom. The van der Waals surface area contributed by atoms with E-state index in [-0.39, 0.29) is 29.9 Å². The minimum Gasteiger partial charge on any atom is -0.508 e. The Morgan fingerprint density at radius 2 is 1.94 bits per heavy atom. The number of pyridine rings is 2. The van der Waals surface area contributed by atoms with Crippen LogP contribution < -0.4 is 5.56 Å². The van der Waals surface area contributed by atoms with E-state index in [1.807, 2.05) is 19.0 Å². The highest BCUT2D eigenvalue weighted by molar-refractivity contribution is 5.92. The van der Waals surface area contributed by atoms with Crippen LogP contribution in [0.1, 0.15) is 42.0 Å². The van der Waals surface area contributed by atoms with Gasteiger partial charge in [-0.25, -0.2) is 4.98 Å². The number of Topliss-reactive ketones (excluding diaryl/α,β-unsaturated/α-hetero) is 1. The minimum absolute atomic E-state index is 0.160. The highest BCUT2D eigenvalue weighted by Gasteiger charge is 2.43. The van der Waals surface area contributed by atoms with E-state index in [2.05, 4.69) is 0 Å². The number of benzene rings is 1. The molecule has 1 atom stereocenters. The standard InChI is InChI=1S/C24H25N3O4/c1-4-24(31)18-10-20-22-17(12-27(20)23(30)14(18)6-8-21(24)29)16(11-26(2)3)15-9-13(28)5-7-19(15)25-22/h5,7,9-10,28,31H,4,6,8,11-12H2,1-3H3. The van der Waals surface area contributed by atoms with Crippen LogP contribution in [0.2, 0.25) is 0 Å². The van der Waals surface area contributed by atoms with E-state index in [1.54, 1.807) is 35.8 Å². The summed E-state index contributed by atoms with van der Waals surface area (Å²) < 4.78 is 1.71. The van der Waals surface area contributed by atoms with Gasteiger partial charge in [0, 0.05) is 35.0 Å². The fourth-order valence-electron chi connectivity index (χ4n) is 5.03. The first kappa shape index (κ1) is 19.9. The molecule has 0 spiro atoms. The molecule has 3 aromatic rings. The maximum atomic E-state index is 13.4. The molecule has 1 unspecified atom stereocenters. The van der Waals surface area contributed by atoms with Crippen LogP contribution in [0.15, 0.2) is 29.1 Å². The Bertz CT molecular complexity index is 1320. The second-order valence-corrected chi connectivity index (χ2v) is 8.81. The number of carbonyl (C=O) groups is 1. The molecule has 5 rings (SSSR count). The molecular formula is C24H25N3O4. The molecule has 0 bridgehead atoms. The Morgan fingerprint density at radius 1 is 1.16 bits per heavy atom. The van der Waals surface area contributed by atoms with E-state index in [0.717, 1.165) is 22.0 Å². The lowest BCUT2D eigenvalue weighted by Crippen LogP contribution is -2.43. The smallest absolute Gasteiger partial charge is 0.254 e. The summed E-state index contributed by atoms with van der Waals surface area (Å²) in [7, 11) is 3.95. The summed E-state index contributed by atoms with van der Waals surface area (Å²) in [5, 5.41) is 22.0. The van der Waals surface area contributed by atoms with Crippen LogP contribution in [0.3, 0.4) is 0 Å². The van der Waals surface area contributed by atoms with Crippen molar-refractivity contribution in [3.8, 4) is 17.1 Å². The van der Waals surface area contributed by atoms with E-state index in [9.17, 15) is 19.8 Å². The molecule has 1 aliphatic carbocycles. The van der Waals surface area contributed by atoms with E-state index < -0.39 is 5.60 Å².